The van der Waals surface area contributed by atoms with E-state index in [1.807, 2.05) is 4.90 Å². The summed E-state index contributed by atoms with van der Waals surface area (Å²) in [6, 6.07) is 18.6. The van der Waals surface area contributed by atoms with E-state index in [1.54, 1.807) is 47.4 Å². The molecule has 0 saturated carbocycles. The van der Waals surface area contributed by atoms with Crippen LogP contribution < -0.4 is 10.2 Å². The highest BCUT2D eigenvalue weighted by Crippen LogP contribution is 2.33. The van der Waals surface area contributed by atoms with Crippen LogP contribution in [0.1, 0.15) is 20.9 Å². The Bertz CT molecular complexity index is 1460. The number of hydrogen-bond donors (Lipinski definition) is 1. The van der Waals surface area contributed by atoms with Crippen molar-refractivity contribution in [2.24, 2.45) is 0 Å². The van der Waals surface area contributed by atoms with Crippen LogP contribution in [0.5, 0.6) is 0 Å². The number of nitro groups is 1. The lowest BCUT2D eigenvalue weighted by Gasteiger charge is -2.35. The van der Waals surface area contributed by atoms with Crippen molar-refractivity contribution in [3.8, 4) is 0 Å². The molecule has 0 spiro atoms. The van der Waals surface area contributed by atoms with Gasteiger partial charge in [-0.25, -0.2) is 4.39 Å². The van der Waals surface area contributed by atoms with E-state index in [0.29, 0.717) is 42.8 Å². The molecule has 2 amide bonds. The smallest absolute Gasteiger partial charge is 0.291 e. The third-order valence-corrected chi connectivity index (χ3v) is 6.13. The van der Waals surface area contributed by atoms with Crippen molar-refractivity contribution < 1.29 is 23.3 Å². The molecule has 0 bridgehead atoms. The Morgan fingerprint density at radius 1 is 0.917 bits per heavy atom. The van der Waals surface area contributed by atoms with Crippen molar-refractivity contribution in [3.63, 3.8) is 0 Å². The van der Waals surface area contributed by atoms with E-state index in [9.17, 15) is 24.1 Å². The van der Waals surface area contributed by atoms with Gasteiger partial charge in [-0.05, 0) is 36.4 Å². The first-order chi connectivity index (χ1) is 17.4. The summed E-state index contributed by atoms with van der Waals surface area (Å²) in [4.78, 5) is 40.2. The molecule has 1 aliphatic rings. The highest BCUT2D eigenvalue weighted by molar-refractivity contribution is 6.14. The highest BCUT2D eigenvalue weighted by Gasteiger charge is 2.29. The molecule has 1 fully saturated rings. The monoisotopic (exact) mass is 488 g/mol. The number of carbonyl (C=O) groups excluding carboxylic acids is 2. The number of nitro benzene ring substituents is 1. The molecule has 36 heavy (non-hydrogen) atoms. The number of nitrogens with zero attached hydrogens (tertiary/aromatic N) is 3. The molecule has 2 heterocycles. The normalized spacial score (nSPS) is 13.6. The van der Waals surface area contributed by atoms with Crippen LogP contribution in [0.4, 0.5) is 21.5 Å². The first-order valence-corrected chi connectivity index (χ1v) is 11.3. The second-order valence-electron chi connectivity index (χ2n) is 8.29. The van der Waals surface area contributed by atoms with Gasteiger partial charge in [0.2, 0.25) is 5.76 Å². The van der Waals surface area contributed by atoms with E-state index >= 15 is 0 Å². The standard InChI is InChI=1S/C26H21FN4O5/c27-20-6-2-3-7-21(20)29-13-15-30(16-14-29)26(33)24-23(19-5-1-4-8-22(19)36-24)28-25(32)17-9-11-18(12-10-17)31(34)35/h1-12H,13-16H2,(H,28,32). The maximum Gasteiger partial charge on any atom is 0.291 e. The molecule has 0 radical (unpaired) electrons. The van der Waals surface area contributed by atoms with Crippen LogP contribution in [0.2, 0.25) is 0 Å². The summed E-state index contributed by atoms with van der Waals surface area (Å²) in [5.41, 5.74) is 1.22. The number of fused-ring (bicyclic) bond motifs is 1. The molecule has 3 aromatic carbocycles. The van der Waals surface area contributed by atoms with E-state index in [4.69, 9.17) is 4.42 Å². The van der Waals surface area contributed by atoms with Gasteiger partial charge in [-0.2, -0.15) is 0 Å². The maximum absolute atomic E-state index is 14.2. The van der Waals surface area contributed by atoms with E-state index in [1.165, 1.54) is 30.3 Å². The number of para-hydroxylation sites is 2. The van der Waals surface area contributed by atoms with Crippen molar-refractivity contribution in [1.29, 1.82) is 0 Å². The fourth-order valence-electron chi connectivity index (χ4n) is 4.24. The van der Waals surface area contributed by atoms with Crippen LogP contribution >= 0.6 is 0 Å². The molecule has 1 saturated heterocycles. The topological polar surface area (TPSA) is 109 Å². The molecular weight excluding hydrogens is 467 g/mol. The van der Waals surface area contributed by atoms with E-state index in [-0.39, 0.29) is 28.5 Å². The molecule has 5 rings (SSSR count). The van der Waals surface area contributed by atoms with Crippen molar-refractivity contribution in [1.82, 2.24) is 4.90 Å². The van der Waals surface area contributed by atoms with Gasteiger partial charge in [-0.3, -0.25) is 19.7 Å². The zero-order valence-electron chi connectivity index (χ0n) is 19.0. The van der Waals surface area contributed by atoms with Gasteiger partial charge in [-0.1, -0.05) is 24.3 Å². The van der Waals surface area contributed by atoms with Crippen LogP contribution in [0.25, 0.3) is 11.0 Å². The summed E-state index contributed by atoms with van der Waals surface area (Å²) in [5, 5.41) is 14.2. The molecule has 0 atom stereocenters. The van der Waals surface area contributed by atoms with Gasteiger partial charge >= 0.3 is 0 Å². The molecule has 1 aliphatic heterocycles. The van der Waals surface area contributed by atoms with Crippen LogP contribution in [-0.2, 0) is 0 Å². The van der Waals surface area contributed by atoms with Gasteiger partial charge in [-0.15, -0.1) is 0 Å². The molecule has 4 aromatic rings. The number of carbonyl (C=O) groups is 2. The second kappa shape index (κ2) is 9.49. The Hall–Kier alpha value is -4.73. The number of hydrogen-bond acceptors (Lipinski definition) is 6. The summed E-state index contributed by atoms with van der Waals surface area (Å²) >= 11 is 0. The molecular formula is C26H21FN4O5. The Kier molecular flexibility index (Phi) is 6.07. The van der Waals surface area contributed by atoms with E-state index < -0.39 is 16.7 Å². The average molecular weight is 488 g/mol. The van der Waals surface area contributed by atoms with Gasteiger partial charge in [0.05, 0.1) is 10.6 Å². The quantitative estimate of drug-likeness (QED) is 0.322. The summed E-state index contributed by atoms with van der Waals surface area (Å²) < 4.78 is 20.0. The lowest BCUT2D eigenvalue weighted by molar-refractivity contribution is -0.384. The molecule has 10 heteroatoms. The molecule has 9 nitrogen and oxygen atoms in total. The summed E-state index contributed by atoms with van der Waals surface area (Å²) in [6.45, 7) is 1.58. The van der Waals surface area contributed by atoms with Crippen molar-refractivity contribution in [3.05, 3.63) is 100 Å². The molecule has 1 N–H and O–H groups in total. The maximum atomic E-state index is 14.2. The first-order valence-electron chi connectivity index (χ1n) is 11.3. The minimum Gasteiger partial charge on any atom is -0.449 e. The van der Waals surface area contributed by atoms with E-state index in [2.05, 4.69) is 5.32 Å². The minimum absolute atomic E-state index is 0.00852. The average Bonchev–Trinajstić information content (AvgIpc) is 3.27. The van der Waals surface area contributed by atoms with Crippen LogP contribution in [0.15, 0.2) is 77.2 Å². The minimum atomic E-state index is -0.548. The van der Waals surface area contributed by atoms with Crippen LogP contribution in [-0.4, -0.2) is 47.8 Å². The Labute approximate surface area is 204 Å². The number of piperazine rings is 1. The fourth-order valence-corrected chi connectivity index (χ4v) is 4.24. The second-order valence-corrected chi connectivity index (χ2v) is 8.29. The number of nitrogens with one attached hydrogen (secondary N) is 1. The Morgan fingerprint density at radius 3 is 2.28 bits per heavy atom. The van der Waals surface area contributed by atoms with E-state index in [0.717, 1.165) is 0 Å². The van der Waals surface area contributed by atoms with Gasteiger partial charge in [0.25, 0.3) is 17.5 Å². The van der Waals surface area contributed by atoms with Gasteiger partial charge in [0, 0.05) is 49.3 Å². The van der Waals surface area contributed by atoms with Crippen LogP contribution in [0, 0.1) is 15.9 Å². The predicted molar refractivity (Wildman–Crippen MR) is 132 cm³/mol. The summed E-state index contributed by atoms with van der Waals surface area (Å²) in [5.74, 6) is -1.25. The zero-order valence-corrected chi connectivity index (χ0v) is 19.0. The molecule has 182 valence electrons. The number of benzene rings is 3. The SMILES string of the molecule is O=C(Nc1c(C(=O)N2CCN(c3ccccc3F)CC2)oc2ccccc12)c1ccc([N+](=O)[O-])cc1. The third kappa shape index (κ3) is 4.36. The molecule has 0 aliphatic carbocycles. The van der Waals surface area contributed by atoms with Crippen molar-refractivity contribution >= 4 is 39.8 Å². The number of non-ortho nitro benzene ring substituents is 1. The molecule has 1 aromatic heterocycles. The number of anilines is 2. The van der Waals surface area contributed by atoms with Gasteiger partial charge < -0.3 is 19.5 Å². The zero-order chi connectivity index (χ0) is 25.2. The predicted octanol–water partition coefficient (Wildman–Crippen LogP) is 4.69. The van der Waals surface area contributed by atoms with Gasteiger partial charge in [0.1, 0.15) is 17.1 Å². The van der Waals surface area contributed by atoms with Gasteiger partial charge in [0.15, 0.2) is 0 Å². The molecule has 0 unspecified atom stereocenters. The largest absolute Gasteiger partial charge is 0.449 e. The summed E-state index contributed by atoms with van der Waals surface area (Å²) in [7, 11) is 0. The number of halogens is 1. The number of rotatable bonds is 5. The van der Waals surface area contributed by atoms with Crippen LogP contribution in [0.3, 0.4) is 0 Å². The fraction of sp³-hybridized carbons (Fsp3) is 0.154. The number of furan rings is 1. The number of amides is 2. The highest BCUT2D eigenvalue weighted by atomic mass is 19.1. The van der Waals surface area contributed by atoms with Crippen molar-refractivity contribution in [2.75, 3.05) is 36.4 Å². The summed E-state index contributed by atoms with van der Waals surface area (Å²) in [6.07, 6.45) is 0. The third-order valence-electron chi connectivity index (χ3n) is 6.13. The Balaban J connectivity index is 1.38. The van der Waals surface area contributed by atoms with Crippen molar-refractivity contribution in [2.45, 2.75) is 0 Å². The first kappa shape index (κ1) is 23.0. The lowest BCUT2D eigenvalue weighted by atomic mass is 10.1. The lowest BCUT2D eigenvalue weighted by Crippen LogP contribution is -2.49. The Morgan fingerprint density at radius 2 is 1.58 bits per heavy atom.